The van der Waals surface area contributed by atoms with Crippen molar-refractivity contribution in [2.75, 3.05) is 5.73 Å². The molecule has 0 fully saturated rings. The fourth-order valence-electron chi connectivity index (χ4n) is 3.47. The molecule has 3 aromatic heterocycles. The van der Waals surface area contributed by atoms with Crippen molar-refractivity contribution in [1.29, 1.82) is 0 Å². The fraction of sp³-hybridized carbons (Fsp3) is 0.143. The van der Waals surface area contributed by atoms with Crippen LogP contribution in [0.15, 0.2) is 47.5 Å². The van der Waals surface area contributed by atoms with Crippen LogP contribution >= 0.6 is 0 Å². The molecular weight excluding hydrogens is 368 g/mol. The molecule has 0 bridgehead atoms. The van der Waals surface area contributed by atoms with E-state index < -0.39 is 11.9 Å². The molecule has 0 spiro atoms. The Morgan fingerprint density at radius 2 is 2.14 bits per heavy atom. The summed E-state index contributed by atoms with van der Waals surface area (Å²) < 4.78 is 2.94. The van der Waals surface area contributed by atoms with Crippen molar-refractivity contribution in [3.05, 3.63) is 69.9 Å². The van der Waals surface area contributed by atoms with Crippen molar-refractivity contribution < 1.29 is 4.79 Å². The number of nitrogens with two attached hydrogens (primary N) is 1. The molecule has 1 amide bonds. The van der Waals surface area contributed by atoms with Crippen LogP contribution in [0.1, 0.15) is 34.6 Å². The number of hydrogen-bond acceptors (Lipinski definition) is 5. The van der Waals surface area contributed by atoms with Gasteiger partial charge in [0, 0.05) is 30.7 Å². The molecule has 3 N–H and O–H groups in total. The number of nitrogen functional groups attached to an aromatic ring is 1. The van der Waals surface area contributed by atoms with Gasteiger partial charge in [-0.05, 0) is 30.5 Å². The zero-order valence-electron chi connectivity index (χ0n) is 15.9. The predicted octanol–water partition coefficient (Wildman–Crippen LogP) is 1.64. The average molecular weight is 386 g/mol. The molecule has 4 aromatic rings. The normalized spacial score (nSPS) is 12.0. The van der Waals surface area contributed by atoms with Gasteiger partial charge in [-0.25, -0.2) is 9.50 Å². The molecule has 0 aliphatic heterocycles. The molecule has 1 atom stereocenters. The predicted molar refractivity (Wildman–Crippen MR) is 110 cm³/mol. The van der Waals surface area contributed by atoms with E-state index in [1.807, 2.05) is 12.1 Å². The zero-order chi connectivity index (χ0) is 20.7. The quantitative estimate of drug-likeness (QED) is 0.521. The van der Waals surface area contributed by atoms with Gasteiger partial charge in [0.1, 0.15) is 5.56 Å². The number of fused-ring (bicyclic) bond motifs is 2. The first-order valence-corrected chi connectivity index (χ1v) is 8.91. The number of nitrogens with zero attached hydrogens (tertiary/aromatic N) is 4. The van der Waals surface area contributed by atoms with Crippen LogP contribution in [-0.2, 0) is 7.05 Å². The lowest BCUT2D eigenvalue weighted by molar-refractivity contribution is 0.0941. The topological polar surface area (TPSA) is 107 Å². The average Bonchev–Trinajstić information content (AvgIpc) is 3.05. The maximum Gasteiger partial charge on any atom is 0.259 e. The van der Waals surface area contributed by atoms with Gasteiger partial charge in [-0.2, -0.15) is 0 Å². The van der Waals surface area contributed by atoms with E-state index in [4.69, 9.17) is 12.2 Å². The number of aromatic nitrogens is 4. The van der Waals surface area contributed by atoms with Crippen molar-refractivity contribution in [3.8, 4) is 12.3 Å². The van der Waals surface area contributed by atoms with Gasteiger partial charge in [-0.3, -0.25) is 9.59 Å². The Morgan fingerprint density at radius 3 is 2.90 bits per heavy atom. The third-order valence-electron chi connectivity index (χ3n) is 4.90. The monoisotopic (exact) mass is 386 g/mol. The van der Waals surface area contributed by atoms with Crippen LogP contribution in [-0.4, -0.2) is 25.1 Å². The first kappa shape index (κ1) is 18.3. The smallest absolute Gasteiger partial charge is 0.259 e. The number of carbonyl (C=O) groups is 1. The van der Waals surface area contributed by atoms with Crippen LogP contribution in [0.5, 0.6) is 0 Å². The molecule has 29 heavy (non-hydrogen) atoms. The second-order valence-corrected chi connectivity index (χ2v) is 6.69. The van der Waals surface area contributed by atoms with Crippen LogP contribution in [0.3, 0.4) is 0 Å². The fourth-order valence-corrected chi connectivity index (χ4v) is 3.47. The van der Waals surface area contributed by atoms with Gasteiger partial charge in [-0.1, -0.05) is 18.1 Å². The summed E-state index contributed by atoms with van der Waals surface area (Å²) in [5, 5.41) is 8.19. The molecule has 144 valence electrons. The minimum atomic E-state index is -0.475. The number of nitrogens with one attached hydrogen (secondary N) is 1. The van der Waals surface area contributed by atoms with Gasteiger partial charge in [-0.15, -0.1) is 11.5 Å². The number of terminal acetylenes is 1. The van der Waals surface area contributed by atoms with Crippen molar-refractivity contribution in [3.63, 3.8) is 0 Å². The molecule has 0 aliphatic rings. The summed E-state index contributed by atoms with van der Waals surface area (Å²) in [4.78, 5) is 30.0. The van der Waals surface area contributed by atoms with E-state index >= 15 is 0 Å². The van der Waals surface area contributed by atoms with Crippen LogP contribution in [0, 0.1) is 12.3 Å². The van der Waals surface area contributed by atoms with Crippen molar-refractivity contribution >= 4 is 28.1 Å². The Balaban J connectivity index is 1.74. The van der Waals surface area contributed by atoms with Crippen molar-refractivity contribution in [2.45, 2.75) is 13.0 Å². The highest BCUT2D eigenvalue weighted by Crippen LogP contribution is 2.21. The summed E-state index contributed by atoms with van der Waals surface area (Å²) in [6.07, 6.45) is 8.76. The Morgan fingerprint density at radius 1 is 1.34 bits per heavy atom. The minimum Gasteiger partial charge on any atom is -0.381 e. The van der Waals surface area contributed by atoms with E-state index in [1.165, 1.54) is 9.08 Å². The van der Waals surface area contributed by atoms with Crippen LogP contribution in [0.25, 0.3) is 16.4 Å². The molecule has 8 heteroatoms. The highest BCUT2D eigenvalue weighted by atomic mass is 16.2. The number of rotatable bonds is 3. The zero-order valence-corrected chi connectivity index (χ0v) is 15.9. The van der Waals surface area contributed by atoms with Gasteiger partial charge in [0.05, 0.1) is 11.4 Å². The number of benzene rings is 1. The molecule has 0 unspecified atom stereocenters. The second kappa shape index (κ2) is 6.80. The summed E-state index contributed by atoms with van der Waals surface area (Å²) in [5.41, 5.74) is 7.43. The highest BCUT2D eigenvalue weighted by molar-refractivity contribution is 6.04. The SMILES string of the molecule is C#Cc1cccc2cc([C@@H](C)NC(=O)c3c(N)nn4cccnc34)n(C)c(=O)c12. The van der Waals surface area contributed by atoms with Gasteiger partial charge in [0.2, 0.25) is 0 Å². The molecular formula is C21H18N6O2. The largest absolute Gasteiger partial charge is 0.381 e. The van der Waals surface area contributed by atoms with E-state index in [0.717, 1.165) is 5.39 Å². The number of hydrogen-bond donors (Lipinski definition) is 2. The Labute approximate surface area is 166 Å². The Kier molecular flexibility index (Phi) is 4.28. The van der Waals surface area contributed by atoms with E-state index in [9.17, 15) is 9.59 Å². The maximum absolute atomic E-state index is 12.9. The van der Waals surface area contributed by atoms with E-state index in [0.29, 0.717) is 22.3 Å². The first-order valence-electron chi connectivity index (χ1n) is 8.91. The lowest BCUT2D eigenvalue weighted by atomic mass is 10.0. The minimum absolute atomic E-state index is 0.0828. The summed E-state index contributed by atoms with van der Waals surface area (Å²) >= 11 is 0. The maximum atomic E-state index is 12.9. The van der Waals surface area contributed by atoms with Gasteiger partial charge >= 0.3 is 0 Å². The molecule has 0 saturated carbocycles. The standard InChI is InChI=1S/C21H18N6O2/c1-4-13-7-5-8-14-11-15(26(3)21(29)16(13)14)12(2)24-20(28)17-18(22)25-27-10-6-9-23-19(17)27/h1,5-12H,2-3H3,(H2,22,25)(H,24,28)/t12-/m1/s1. The molecule has 1 aromatic carbocycles. The third-order valence-corrected chi connectivity index (χ3v) is 4.90. The van der Waals surface area contributed by atoms with E-state index in [2.05, 4.69) is 21.3 Å². The second-order valence-electron chi connectivity index (χ2n) is 6.69. The summed E-state index contributed by atoms with van der Waals surface area (Å²) in [6.45, 7) is 1.79. The molecule has 0 saturated heterocycles. The first-order chi connectivity index (χ1) is 13.9. The lowest BCUT2D eigenvalue weighted by Gasteiger charge is -2.18. The molecule has 0 aliphatic carbocycles. The summed E-state index contributed by atoms with van der Waals surface area (Å²) in [6, 6.07) is 8.42. The number of pyridine rings is 1. The lowest BCUT2D eigenvalue weighted by Crippen LogP contribution is -2.32. The van der Waals surface area contributed by atoms with Crippen molar-refractivity contribution in [1.82, 2.24) is 24.5 Å². The number of anilines is 1. The van der Waals surface area contributed by atoms with Gasteiger partial charge < -0.3 is 15.6 Å². The van der Waals surface area contributed by atoms with Crippen LogP contribution in [0.4, 0.5) is 5.82 Å². The molecule has 0 radical (unpaired) electrons. The van der Waals surface area contributed by atoms with Gasteiger partial charge in [0.25, 0.3) is 11.5 Å². The van der Waals surface area contributed by atoms with Crippen LogP contribution in [0.2, 0.25) is 0 Å². The Hall–Kier alpha value is -4.12. The third kappa shape index (κ3) is 2.89. The molecule has 4 rings (SSSR count). The van der Waals surface area contributed by atoms with E-state index in [1.54, 1.807) is 44.6 Å². The number of carbonyl (C=O) groups excluding carboxylic acids is 1. The molecule has 8 nitrogen and oxygen atoms in total. The van der Waals surface area contributed by atoms with Crippen molar-refractivity contribution in [2.24, 2.45) is 7.05 Å². The molecule has 3 heterocycles. The Bertz CT molecular complexity index is 1380. The summed E-state index contributed by atoms with van der Waals surface area (Å²) in [5.74, 6) is 2.21. The highest BCUT2D eigenvalue weighted by Gasteiger charge is 2.22. The van der Waals surface area contributed by atoms with E-state index in [-0.39, 0.29) is 16.9 Å². The van der Waals surface area contributed by atoms with Crippen LogP contribution < -0.4 is 16.6 Å². The summed E-state index contributed by atoms with van der Waals surface area (Å²) in [7, 11) is 1.65. The number of amides is 1. The van der Waals surface area contributed by atoms with Gasteiger partial charge in [0.15, 0.2) is 11.5 Å².